The van der Waals surface area contributed by atoms with Crippen LogP contribution >= 0.6 is 0 Å². The van der Waals surface area contributed by atoms with Crippen LogP contribution in [0.1, 0.15) is 38.5 Å². The number of amides is 1. The van der Waals surface area contributed by atoms with Crippen LogP contribution in [-0.2, 0) is 4.79 Å². The monoisotopic (exact) mass is 266 g/mol. The maximum atomic E-state index is 11.6. The summed E-state index contributed by atoms with van der Waals surface area (Å²) in [5, 5.41) is 10.2. The largest absolute Gasteiger partial charge is 0.390 e. The first kappa shape index (κ1) is 13.4. The zero-order valence-electron chi connectivity index (χ0n) is 11.8. The Hall–Kier alpha value is -0.610. The van der Waals surface area contributed by atoms with Crippen LogP contribution in [0.2, 0.25) is 0 Å². The van der Waals surface area contributed by atoms with E-state index in [0.29, 0.717) is 13.0 Å². The lowest BCUT2D eigenvalue weighted by Gasteiger charge is -2.24. The fourth-order valence-corrected chi connectivity index (χ4v) is 4.16. The Bertz CT molecular complexity index is 320. The number of fused-ring (bicyclic) bond motifs is 1. The molecule has 1 aliphatic carbocycles. The highest BCUT2D eigenvalue weighted by molar-refractivity contribution is 5.78. The van der Waals surface area contributed by atoms with Crippen LogP contribution in [0.25, 0.3) is 0 Å². The van der Waals surface area contributed by atoms with Crippen molar-refractivity contribution >= 4 is 5.91 Å². The van der Waals surface area contributed by atoms with Gasteiger partial charge in [-0.3, -0.25) is 4.79 Å². The molecule has 0 radical (unpaired) electrons. The van der Waals surface area contributed by atoms with E-state index in [0.717, 1.165) is 44.4 Å². The summed E-state index contributed by atoms with van der Waals surface area (Å²) in [5.74, 6) is 1.96. The molecule has 1 saturated carbocycles. The average molecular weight is 266 g/mol. The number of aliphatic hydroxyl groups excluding tert-OH is 1. The number of carbonyl (C=O) groups excluding carboxylic acids is 1. The lowest BCUT2D eigenvalue weighted by atomic mass is 9.82. The predicted molar refractivity (Wildman–Crippen MR) is 73.7 cm³/mol. The summed E-state index contributed by atoms with van der Waals surface area (Å²) in [7, 11) is 0. The van der Waals surface area contributed by atoms with Crippen molar-refractivity contribution in [3.63, 3.8) is 0 Å². The van der Waals surface area contributed by atoms with Gasteiger partial charge < -0.3 is 14.9 Å². The van der Waals surface area contributed by atoms with Crippen LogP contribution in [0.15, 0.2) is 0 Å². The third-order valence-corrected chi connectivity index (χ3v) is 5.12. The molecule has 0 bridgehead atoms. The van der Waals surface area contributed by atoms with Crippen molar-refractivity contribution in [1.82, 2.24) is 9.80 Å². The predicted octanol–water partition coefficient (Wildman–Crippen LogP) is 1.09. The minimum atomic E-state index is -0.373. The first-order valence-electron chi connectivity index (χ1n) is 7.90. The molecule has 2 aliphatic heterocycles. The lowest BCUT2D eigenvalue weighted by molar-refractivity contribution is -0.129. The maximum absolute atomic E-state index is 11.6. The smallest absolute Gasteiger partial charge is 0.222 e. The quantitative estimate of drug-likeness (QED) is 0.828. The maximum Gasteiger partial charge on any atom is 0.222 e. The molecular weight excluding hydrogens is 240 g/mol. The van der Waals surface area contributed by atoms with E-state index in [1.807, 2.05) is 4.90 Å². The molecule has 3 rings (SSSR count). The zero-order chi connectivity index (χ0) is 13.2. The molecule has 1 amide bonds. The van der Waals surface area contributed by atoms with Crippen LogP contribution in [0.4, 0.5) is 0 Å². The number of hydrogen-bond donors (Lipinski definition) is 1. The molecule has 2 saturated heterocycles. The summed E-state index contributed by atoms with van der Waals surface area (Å²) < 4.78 is 0. The van der Waals surface area contributed by atoms with Crippen LogP contribution in [0.5, 0.6) is 0 Å². The number of hydrogen-bond acceptors (Lipinski definition) is 3. The zero-order valence-corrected chi connectivity index (χ0v) is 11.8. The van der Waals surface area contributed by atoms with E-state index in [9.17, 15) is 9.90 Å². The van der Waals surface area contributed by atoms with E-state index in [-0.39, 0.29) is 12.0 Å². The Morgan fingerprint density at radius 1 is 1.11 bits per heavy atom. The highest BCUT2D eigenvalue weighted by atomic mass is 16.3. The van der Waals surface area contributed by atoms with Gasteiger partial charge in [-0.05, 0) is 31.1 Å². The molecular formula is C15H26N2O2. The number of likely N-dealkylation sites (tertiary alicyclic amines) is 2. The Balaban J connectivity index is 1.45. The van der Waals surface area contributed by atoms with E-state index in [1.54, 1.807) is 0 Å². The van der Waals surface area contributed by atoms with Crippen molar-refractivity contribution < 1.29 is 9.90 Å². The van der Waals surface area contributed by atoms with Gasteiger partial charge in [-0.15, -0.1) is 0 Å². The van der Waals surface area contributed by atoms with Gasteiger partial charge in [0, 0.05) is 39.1 Å². The molecule has 3 unspecified atom stereocenters. The van der Waals surface area contributed by atoms with Crippen LogP contribution in [-0.4, -0.2) is 59.6 Å². The molecule has 0 spiro atoms. The summed E-state index contributed by atoms with van der Waals surface area (Å²) in [6, 6.07) is 0. The molecule has 4 heteroatoms. The van der Waals surface area contributed by atoms with E-state index in [4.69, 9.17) is 0 Å². The molecule has 0 aromatic rings. The molecule has 19 heavy (non-hydrogen) atoms. The Kier molecular flexibility index (Phi) is 4.08. The van der Waals surface area contributed by atoms with Gasteiger partial charge in [0.05, 0.1) is 6.10 Å². The Labute approximate surface area is 115 Å². The summed E-state index contributed by atoms with van der Waals surface area (Å²) >= 11 is 0. The van der Waals surface area contributed by atoms with Gasteiger partial charge in [0.25, 0.3) is 0 Å². The van der Waals surface area contributed by atoms with Gasteiger partial charge in [-0.1, -0.05) is 12.8 Å². The first-order chi connectivity index (χ1) is 9.22. The molecule has 3 fully saturated rings. The molecule has 3 aliphatic rings. The third kappa shape index (κ3) is 3.11. The van der Waals surface area contributed by atoms with Gasteiger partial charge in [0.1, 0.15) is 0 Å². The SMILES string of the molecule is O=C1CCCN1CC(O)CN1CC2CCCCC2C1. The summed E-state index contributed by atoms with van der Waals surface area (Å²) in [6.07, 6.45) is 6.78. The van der Waals surface area contributed by atoms with Crippen molar-refractivity contribution in [3.05, 3.63) is 0 Å². The Morgan fingerprint density at radius 2 is 1.79 bits per heavy atom. The second kappa shape index (κ2) is 5.80. The fourth-order valence-electron chi connectivity index (χ4n) is 4.16. The van der Waals surface area contributed by atoms with E-state index in [2.05, 4.69) is 4.90 Å². The standard InChI is InChI=1S/C15H26N2O2/c18-14(11-17-7-3-6-15(17)19)10-16-8-12-4-1-2-5-13(12)9-16/h12-14,18H,1-11H2. The van der Waals surface area contributed by atoms with Gasteiger partial charge >= 0.3 is 0 Å². The van der Waals surface area contributed by atoms with E-state index >= 15 is 0 Å². The average Bonchev–Trinajstić information content (AvgIpc) is 2.95. The van der Waals surface area contributed by atoms with Crippen molar-refractivity contribution in [2.75, 3.05) is 32.7 Å². The summed E-state index contributed by atoms with van der Waals surface area (Å²) in [6.45, 7) is 4.44. The van der Waals surface area contributed by atoms with Crippen molar-refractivity contribution in [1.29, 1.82) is 0 Å². The molecule has 4 nitrogen and oxygen atoms in total. The van der Waals surface area contributed by atoms with E-state index < -0.39 is 0 Å². The highest BCUT2D eigenvalue weighted by Gasteiger charge is 2.35. The van der Waals surface area contributed by atoms with Crippen molar-refractivity contribution in [2.24, 2.45) is 11.8 Å². The van der Waals surface area contributed by atoms with E-state index in [1.165, 1.54) is 25.7 Å². The van der Waals surface area contributed by atoms with Crippen LogP contribution in [0.3, 0.4) is 0 Å². The number of β-amino-alcohol motifs (C(OH)–C–C–N with tert-alkyl or cyclic N) is 1. The number of nitrogens with zero attached hydrogens (tertiary/aromatic N) is 2. The topological polar surface area (TPSA) is 43.8 Å². The number of rotatable bonds is 4. The normalized spacial score (nSPS) is 33.7. The lowest BCUT2D eigenvalue weighted by Crippen LogP contribution is -2.40. The van der Waals surface area contributed by atoms with Crippen LogP contribution < -0.4 is 0 Å². The van der Waals surface area contributed by atoms with Crippen molar-refractivity contribution in [2.45, 2.75) is 44.6 Å². The van der Waals surface area contributed by atoms with Crippen LogP contribution in [0, 0.1) is 11.8 Å². The van der Waals surface area contributed by atoms with Gasteiger partial charge in [-0.2, -0.15) is 0 Å². The molecule has 0 aromatic carbocycles. The second-order valence-corrected chi connectivity index (χ2v) is 6.62. The second-order valence-electron chi connectivity index (χ2n) is 6.62. The summed E-state index contributed by atoms with van der Waals surface area (Å²) in [5.41, 5.74) is 0. The molecule has 0 aromatic heterocycles. The highest BCUT2D eigenvalue weighted by Crippen LogP contribution is 2.35. The van der Waals surface area contributed by atoms with Crippen molar-refractivity contribution in [3.8, 4) is 0 Å². The van der Waals surface area contributed by atoms with Gasteiger partial charge in [0.15, 0.2) is 0 Å². The first-order valence-corrected chi connectivity index (χ1v) is 7.90. The molecule has 2 heterocycles. The summed E-state index contributed by atoms with van der Waals surface area (Å²) in [4.78, 5) is 15.8. The number of carbonyl (C=O) groups is 1. The number of aliphatic hydroxyl groups is 1. The van der Waals surface area contributed by atoms with Gasteiger partial charge in [0.2, 0.25) is 5.91 Å². The third-order valence-electron chi connectivity index (χ3n) is 5.12. The molecule has 108 valence electrons. The Morgan fingerprint density at radius 3 is 2.37 bits per heavy atom. The molecule has 1 N–H and O–H groups in total. The van der Waals surface area contributed by atoms with Gasteiger partial charge in [-0.25, -0.2) is 0 Å². The minimum absolute atomic E-state index is 0.217. The minimum Gasteiger partial charge on any atom is -0.390 e. The molecule has 3 atom stereocenters. The fraction of sp³-hybridized carbons (Fsp3) is 0.933.